The predicted octanol–water partition coefficient (Wildman–Crippen LogP) is 2.23. The molecule has 1 fully saturated rings. The molecule has 1 aliphatic rings. The monoisotopic (exact) mass is 162 g/mol. The van der Waals surface area contributed by atoms with Crippen LogP contribution in [-0.4, -0.2) is 6.21 Å². The van der Waals surface area contributed by atoms with E-state index in [9.17, 15) is 0 Å². The summed E-state index contributed by atoms with van der Waals surface area (Å²) in [6, 6.07) is 0. The smallest absolute Gasteiger partial charge is 0.0427 e. The van der Waals surface area contributed by atoms with Crippen LogP contribution in [0.25, 0.3) is 0 Å². The highest BCUT2D eigenvalue weighted by Gasteiger charge is 2.16. The molecule has 0 aromatic rings. The largest absolute Gasteiger partial charge is 0.367 e. The molecule has 1 rings (SSSR count). The van der Waals surface area contributed by atoms with Crippen molar-refractivity contribution in [1.82, 2.24) is 5.32 Å². The molecule has 2 heteroatoms. The Morgan fingerprint density at radius 1 is 1.33 bits per heavy atom. The van der Waals surface area contributed by atoms with Gasteiger partial charge in [0.1, 0.15) is 0 Å². The van der Waals surface area contributed by atoms with Crippen molar-refractivity contribution in [3.63, 3.8) is 0 Å². The number of hydrogen-bond donors (Lipinski definition) is 1. The van der Waals surface area contributed by atoms with Gasteiger partial charge in [0.25, 0.3) is 0 Å². The van der Waals surface area contributed by atoms with Gasteiger partial charge in [-0.25, -0.2) is 0 Å². The van der Waals surface area contributed by atoms with Crippen molar-refractivity contribution in [3.8, 4) is 0 Å². The third-order valence-corrected chi connectivity index (χ3v) is 1.53. The van der Waals surface area contributed by atoms with E-state index >= 15 is 0 Å². The minimum atomic E-state index is 0.822. The molecule has 0 saturated heterocycles. The summed E-state index contributed by atoms with van der Waals surface area (Å²) in [6.45, 7) is 3.51. The average molecular weight is 162 g/mol. The van der Waals surface area contributed by atoms with E-state index in [0.29, 0.717) is 0 Å². The summed E-state index contributed by atoms with van der Waals surface area (Å²) in [5.41, 5.74) is 0. The molecule has 0 aromatic carbocycles. The van der Waals surface area contributed by atoms with E-state index in [4.69, 9.17) is 0 Å². The number of allylic oxidation sites excluding steroid dienone is 2. The van der Waals surface area contributed by atoms with Gasteiger partial charge in [0.15, 0.2) is 0 Å². The second kappa shape index (κ2) is 5.35. The minimum absolute atomic E-state index is 0.822. The Kier molecular flexibility index (Phi) is 3.92. The van der Waals surface area contributed by atoms with Gasteiger partial charge in [-0.2, -0.15) is 0 Å². The lowest BCUT2D eigenvalue weighted by Gasteiger charge is -1.85. The number of aliphatic imine (C=N–C) groups is 1. The first-order valence-electron chi connectivity index (χ1n) is 4.15. The fourth-order valence-electron chi connectivity index (χ4n) is 0.732. The molecule has 0 amide bonds. The summed E-state index contributed by atoms with van der Waals surface area (Å²) in [4.78, 5) is 3.90. The summed E-state index contributed by atoms with van der Waals surface area (Å²) in [7, 11) is 0. The zero-order chi connectivity index (χ0) is 8.65. The Bertz CT molecular complexity index is 210. The van der Waals surface area contributed by atoms with Gasteiger partial charge in [0, 0.05) is 18.6 Å². The molecule has 0 aromatic heterocycles. The number of nitrogens with zero attached hydrogens (tertiary/aromatic N) is 1. The quantitative estimate of drug-likeness (QED) is 0.616. The maximum Gasteiger partial charge on any atom is 0.0427 e. The van der Waals surface area contributed by atoms with Gasteiger partial charge in [-0.05, 0) is 25.0 Å². The summed E-state index contributed by atoms with van der Waals surface area (Å²) >= 11 is 0. The molecule has 0 atom stereocenters. The van der Waals surface area contributed by atoms with E-state index in [-0.39, 0.29) is 0 Å². The van der Waals surface area contributed by atoms with Crippen molar-refractivity contribution in [3.05, 3.63) is 37.3 Å². The molecular weight excluding hydrogens is 148 g/mol. The van der Waals surface area contributed by atoms with Crippen LogP contribution < -0.4 is 5.32 Å². The summed E-state index contributed by atoms with van der Waals surface area (Å²) in [5.74, 6) is 0.822. The van der Waals surface area contributed by atoms with Gasteiger partial charge in [0.05, 0.1) is 0 Å². The van der Waals surface area contributed by atoms with Crippen molar-refractivity contribution >= 4 is 6.21 Å². The number of rotatable bonds is 5. The second-order valence-electron chi connectivity index (χ2n) is 2.71. The molecular formula is C10H14N2. The highest BCUT2D eigenvalue weighted by molar-refractivity contribution is 5.70. The highest BCUT2D eigenvalue weighted by Crippen LogP contribution is 2.29. The Balaban J connectivity index is 2.03. The molecule has 0 heterocycles. The molecule has 12 heavy (non-hydrogen) atoms. The van der Waals surface area contributed by atoms with Crippen molar-refractivity contribution in [2.24, 2.45) is 10.9 Å². The molecule has 0 radical (unpaired) electrons. The third kappa shape index (κ3) is 4.50. The van der Waals surface area contributed by atoms with Crippen molar-refractivity contribution in [1.29, 1.82) is 0 Å². The first kappa shape index (κ1) is 8.78. The van der Waals surface area contributed by atoms with E-state index < -0.39 is 0 Å². The van der Waals surface area contributed by atoms with Gasteiger partial charge < -0.3 is 5.32 Å². The third-order valence-electron chi connectivity index (χ3n) is 1.53. The van der Waals surface area contributed by atoms with Crippen LogP contribution in [0.15, 0.2) is 42.3 Å². The maximum absolute atomic E-state index is 3.90. The van der Waals surface area contributed by atoms with Crippen LogP contribution in [0.5, 0.6) is 0 Å². The van der Waals surface area contributed by atoms with Crippen molar-refractivity contribution < 1.29 is 0 Å². The van der Waals surface area contributed by atoms with E-state index in [1.807, 2.05) is 6.20 Å². The van der Waals surface area contributed by atoms with Crippen LogP contribution in [0.2, 0.25) is 0 Å². The number of hydrogen-bond acceptors (Lipinski definition) is 2. The zero-order valence-corrected chi connectivity index (χ0v) is 7.11. The Morgan fingerprint density at radius 2 is 2.17 bits per heavy atom. The standard InChI is InChI=1S/C10H14N2/c1-2-6-11-8-9-12-7-5-10-3-4-10/h2,5-10,12H,1,3-4H2/b7-5+,9-8-,11-6+. The minimum Gasteiger partial charge on any atom is -0.367 e. The van der Waals surface area contributed by atoms with Gasteiger partial charge in [-0.1, -0.05) is 18.7 Å². The molecule has 2 nitrogen and oxygen atoms in total. The zero-order valence-electron chi connectivity index (χ0n) is 7.11. The highest BCUT2D eigenvalue weighted by atomic mass is 14.8. The van der Waals surface area contributed by atoms with Crippen LogP contribution in [-0.2, 0) is 0 Å². The lowest BCUT2D eigenvalue weighted by Crippen LogP contribution is -1.90. The van der Waals surface area contributed by atoms with Crippen LogP contribution in [0.3, 0.4) is 0 Å². The average Bonchev–Trinajstić information content (AvgIpc) is 2.87. The first-order valence-corrected chi connectivity index (χ1v) is 4.15. The van der Waals surface area contributed by atoms with E-state index in [1.165, 1.54) is 12.8 Å². The maximum atomic E-state index is 3.90. The van der Waals surface area contributed by atoms with E-state index in [2.05, 4.69) is 23.0 Å². The van der Waals surface area contributed by atoms with Crippen LogP contribution >= 0.6 is 0 Å². The normalized spacial score (nSPS) is 18.0. The molecule has 1 aliphatic carbocycles. The second-order valence-corrected chi connectivity index (χ2v) is 2.71. The Hall–Kier alpha value is -1.31. The lowest BCUT2D eigenvalue weighted by atomic mass is 10.4. The van der Waals surface area contributed by atoms with Gasteiger partial charge >= 0.3 is 0 Å². The molecule has 0 spiro atoms. The topological polar surface area (TPSA) is 24.4 Å². The van der Waals surface area contributed by atoms with Gasteiger partial charge in [-0.15, -0.1) is 0 Å². The van der Waals surface area contributed by atoms with Crippen LogP contribution in [0, 0.1) is 5.92 Å². The molecule has 0 unspecified atom stereocenters. The fourth-order valence-corrected chi connectivity index (χ4v) is 0.732. The van der Waals surface area contributed by atoms with Crippen LogP contribution in [0.4, 0.5) is 0 Å². The van der Waals surface area contributed by atoms with Gasteiger partial charge in [0.2, 0.25) is 0 Å². The Labute approximate surface area is 73.4 Å². The van der Waals surface area contributed by atoms with Crippen molar-refractivity contribution in [2.75, 3.05) is 0 Å². The van der Waals surface area contributed by atoms with Gasteiger partial charge in [-0.3, -0.25) is 4.99 Å². The first-order chi connectivity index (χ1) is 5.93. The SMILES string of the molecule is C=C/C=N/C=C\N/C=C/C1CC1. The number of nitrogens with one attached hydrogen (secondary N) is 1. The van der Waals surface area contributed by atoms with Crippen molar-refractivity contribution in [2.45, 2.75) is 12.8 Å². The lowest BCUT2D eigenvalue weighted by molar-refractivity contribution is 1.07. The molecule has 1 saturated carbocycles. The Morgan fingerprint density at radius 3 is 2.83 bits per heavy atom. The predicted molar refractivity (Wildman–Crippen MR) is 52.8 cm³/mol. The van der Waals surface area contributed by atoms with E-state index in [0.717, 1.165) is 5.92 Å². The molecule has 64 valence electrons. The summed E-state index contributed by atoms with van der Waals surface area (Å²) in [6.07, 6.45) is 13.6. The molecule has 0 aliphatic heterocycles. The van der Waals surface area contributed by atoms with E-state index in [1.54, 1.807) is 24.7 Å². The summed E-state index contributed by atoms with van der Waals surface area (Å²) in [5, 5.41) is 3.01. The van der Waals surface area contributed by atoms with Crippen LogP contribution in [0.1, 0.15) is 12.8 Å². The fraction of sp³-hybridized carbons (Fsp3) is 0.300. The molecule has 1 N–H and O–H groups in total. The summed E-state index contributed by atoms with van der Waals surface area (Å²) < 4.78 is 0. The molecule has 0 bridgehead atoms.